The summed E-state index contributed by atoms with van der Waals surface area (Å²) in [5, 5.41) is 2.22. The third-order valence-corrected chi connectivity index (χ3v) is 14.5. The lowest BCUT2D eigenvalue weighted by Gasteiger charge is -2.35. The summed E-state index contributed by atoms with van der Waals surface area (Å²) in [6.07, 6.45) is 0. The SMILES string of the molecule is c1ccc2c(c1)-c1ccccc1C21c2ccccc2-c2cccc(N(c3ccc(-c4ccc(-n5c6ccccc6n6c7ccccc7nc56)cc4)cc3)c3ccc4c(c3)oc3ccccc34)c21. The Bertz CT molecular complexity index is 4110. The van der Waals surface area contributed by atoms with Crippen LogP contribution in [-0.4, -0.2) is 14.0 Å². The third-order valence-electron chi connectivity index (χ3n) is 14.5. The second-order valence-electron chi connectivity index (χ2n) is 17.9. The summed E-state index contributed by atoms with van der Waals surface area (Å²) in [6, 6.07) is 83.8. The fraction of sp³-hybridized carbons (Fsp3) is 0.0161. The van der Waals surface area contributed by atoms with Crippen LogP contribution in [0.2, 0.25) is 0 Å². The van der Waals surface area contributed by atoms with E-state index in [2.05, 4.69) is 238 Å². The summed E-state index contributed by atoms with van der Waals surface area (Å²) in [5.74, 6) is 0.905. The highest BCUT2D eigenvalue weighted by molar-refractivity contribution is 6.07. The van der Waals surface area contributed by atoms with Crippen LogP contribution in [0.5, 0.6) is 0 Å². The molecular formula is C62H38N4O. The first-order valence-corrected chi connectivity index (χ1v) is 23.0. The van der Waals surface area contributed by atoms with Crippen LogP contribution in [0.3, 0.4) is 0 Å². The number of rotatable bonds is 5. The molecule has 10 aromatic carbocycles. The quantitative estimate of drug-likeness (QED) is 0.173. The lowest BCUT2D eigenvalue weighted by atomic mass is 9.70. The largest absolute Gasteiger partial charge is 0.456 e. The van der Waals surface area contributed by atoms with Crippen molar-refractivity contribution in [1.82, 2.24) is 14.0 Å². The molecule has 0 saturated carbocycles. The Balaban J connectivity index is 0.906. The van der Waals surface area contributed by atoms with Gasteiger partial charge in [0, 0.05) is 39.5 Å². The van der Waals surface area contributed by atoms with Gasteiger partial charge in [-0.25, -0.2) is 4.98 Å². The van der Waals surface area contributed by atoms with Gasteiger partial charge in [0.2, 0.25) is 5.78 Å². The molecule has 0 fully saturated rings. The van der Waals surface area contributed by atoms with E-state index in [0.29, 0.717) is 0 Å². The highest BCUT2D eigenvalue weighted by atomic mass is 16.3. The van der Waals surface area contributed by atoms with E-state index in [-0.39, 0.29) is 0 Å². The molecule has 67 heavy (non-hydrogen) atoms. The molecule has 0 atom stereocenters. The maximum absolute atomic E-state index is 6.59. The summed E-state index contributed by atoms with van der Waals surface area (Å²) >= 11 is 0. The molecule has 0 bridgehead atoms. The van der Waals surface area contributed by atoms with Crippen LogP contribution < -0.4 is 4.90 Å². The number of nitrogens with zero attached hydrogens (tertiary/aromatic N) is 4. The van der Waals surface area contributed by atoms with Crippen molar-refractivity contribution in [1.29, 1.82) is 0 Å². The van der Waals surface area contributed by atoms with E-state index in [1.807, 2.05) is 6.07 Å². The molecule has 15 rings (SSSR count). The molecular weight excluding hydrogens is 817 g/mol. The highest BCUT2D eigenvalue weighted by Crippen LogP contribution is 2.65. The summed E-state index contributed by atoms with van der Waals surface area (Å²) in [4.78, 5) is 7.56. The molecule has 0 radical (unpaired) electrons. The van der Waals surface area contributed by atoms with Crippen molar-refractivity contribution in [3.63, 3.8) is 0 Å². The first-order valence-electron chi connectivity index (χ1n) is 23.0. The maximum atomic E-state index is 6.59. The number of para-hydroxylation sites is 5. The highest BCUT2D eigenvalue weighted by Gasteiger charge is 2.53. The van der Waals surface area contributed by atoms with E-state index < -0.39 is 5.41 Å². The smallest absolute Gasteiger partial charge is 0.220 e. The molecule has 0 unspecified atom stereocenters. The van der Waals surface area contributed by atoms with E-state index in [9.17, 15) is 0 Å². The molecule has 3 heterocycles. The van der Waals surface area contributed by atoms with Gasteiger partial charge in [-0.15, -0.1) is 0 Å². The van der Waals surface area contributed by atoms with Gasteiger partial charge in [0.25, 0.3) is 0 Å². The second kappa shape index (κ2) is 13.6. The Morgan fingerprint density at radius 2 is 0.970 bits per heavy atom. The van der Waals surface area contributed by atoms with Crippen molar-refractivity contribution < 1.29 is 4.42 Å². The minimum Gasteiger partial charge on any atom is -0.456 e. The van der Waals surface area contributed by atoms with Gasteiger partial charge < -0.3 is 9.32 Å². The van der Waals surface area contributed by atoms with Crippen LogP contribution in [0.15, 0.2) is 235 Å². The van der Waals surface area contributed by atoms with Crippen LogP contribution in [0.1, 0.15) is 22.3 Å². The molecule has 5 nitrogen and oxygen atoms in total. The minimum atomic E-state index is -0.529. The van der Waals surface area contributed by atoms with Gasteiger partial charge in [-0.2, -0.15) is 0 Å². The Morgan fingerprint density at radius 1 is 0.418 bits per heavy atom. The summed E-state index contributed by atoms with van der Waals surface area (Å²) < 4.78 is 11.1. The number of anilines is 3. The molecule has 0 saturated heterocycles. The third kappa shape index (κ3) is 4.89. The Morgan fingerprint density at radius 3 is 1.70 bits per heavy atom. The molecule has 2 aliphatic rings. The van der Waals surface area contributed by atoms with E-state index in [0.717, 1.165) is 83.7 Å². The zero-order valence-corrected chi connectivity index (χ0v) is 36.1. The zero-order chi connectivity index (χ0) is 43.8. The fourth-order valence-electron chi connectivity index (χ4n) is 11.8. The predicted molar refractivity (Wildman–Crippen MR) is 273 cm³/mol. The Hall–Kier alpha value is -8.93. The lowest BCUT2D eigenvalue weighted by molar-refractivity contribution is 0.669. The Labute approximate surface area is 385 Å². The van der Waals surface area contributed by atoms with Gasteiger partial charge in [-0.3, -0.25) is 8.97 Å². The Kier molecular flexibility index (Phi) is 7.36. The number of imidazole rings is 2. The van der Waals surface area contributed by atoms with E-state index in [4.69, 9.17) is 9.40 Å². The molecule has 312 valence electrons. The van der Waals surface area contributed by atoms with Gasteiger partial charge in [0.1, 0.15) is 11.2 Å². The predicted octanol–water partition coefficient (Wildman–Crippen LogP) is 15.8. The van der Waals surface area contributed by atoms with Crippen LogP contribution in [0.4, 0.5) is 17.1 Å². The van der Waals surface area contributed by atoms with Crippen LogP contribution in [0.25, 0.3) is 88.9 Å². The normalized spacial score (nSPS) is 13.2. The van der Waals surface area contributed by atoms with Gasteiger partial charge in [0.05, 0.1) is 33.2 Å². The van der Waals surface area contributed by atoms with Crippen LogP contribution in [0, 0.1) is 0 Å². The van der Waals surface area contributed by atoms with Gasteiger partial charge >= 0.3 is 0 Å². The number of fused-ring (bicyclic) bond motifs is 18. The molecule has 1 spiro atoms. The average molecular weight is 855 g/mol. The molecule has 13 aromatic rings. The monoisotopic (exact) mass is 854 g/mol. The van der Waals surface area contributed by atoms with Crippen molar-refractivity contribution in [2.45, 2.75) is 5.41 Å². The topological polar surface area (TPSA) is 38.6 Å². The first-order chi connectivity index (χ1) is 33.2. The van der Waals surface area contributed by atoms with Crippen LogP contribution in [-0.2, 0) is 5.41 Å². The first kappa shape index (κ1) is 36.4. The zero-order valence-electron chi connectivity index (χ0n) is 36.1. The molecule has 0 aliphatic heterocycles. The van der Waals surface area contributed by atoms with E-state index in [1.54, 1.807) is 0 Å². The van der Waals surface area contributed by atoms with Crippen molar-refractivity contribution in [3.8, 4) is 39.1 Å². The van der Waals surface area contributed by atoms with E-state index >= 15 is 0 Å². The number of hydrogen-bond acceptors (Lipinski definition) is 3. The standard InChI is InChI=1S/C62H38N4O/c1-5-19-50-44(14-1)45-15-2-6-20-51(45)62(50)52-21-7-3-16-46(52)49-18-13-26-57(60(49)62)64(43-36-37-48-47-17-4-12-27-58(47)67-59(48)38-43)41-32-28-39(29-33-41)40-30-34-42(35-31-40)65-55-24-10-11-25-56(55)66-54-23-9-8-22-53(54)63-61(65)66/h1-38H. The molecule has 3 aromatic heterocycles. The van der Waals surface area contributed by atoms with Crippen molar-refractivity contribution >= 4 is 66.8 Å². The average Bonchev–Trinajstić information content (AvgIpc) is 4.18. The fourth-order valence-corrected chi connectivity index (χ4v) is 11.8. The number of hydrogen-bond donors (Lipinski definition) is 0. The van der Waals surface area contributed by atoms with Crippen molar-refractivity contribution in [3.05, 3.63) is 253 Å². The van der Waals surface area contributed by atoms with Gasteiger partial charge in [0.15, 0.2) is 0 Å². The minimum absolute atomic E-state index is 0.529. The summed E-state index contributed by atoms with van der Waals surface area (Å²) in [5.41, 5.74) is 22.4. The van der Waals surface area contributed by atoms with Crippen molar-refractivity contribution in [2.24, 2.45) is 0 Å². The molecule has 2 aliphatic carbocycles. The summed E-state index contributed by atoms with van der Waals surface area (Å²) in [7, 11) is 0. The lowest BCUT2D eigenvalue weighted by Crippen LogP contribution is -2.28. The summed E-state index contributed by atoms with van der Waals surface area (Å²) in [6.45, 7) is 0. The van der Waals surface area contributed by atoms with Crippen molar-refractivity contribution in [2.75, 3.05) is 4.90 Å². The maximum Gasteiger partial charge on any atom is 0.220 e. The van der Waals surface area contributed by atoms with Gasteiger partial charge in [-0.05, 0) is 123 Å². The molecule has 5 heteroatoms. The molecule has 0 amide bonds. The number of aromatic nitrogens is 3. The van der Waals surface area contributed by atoms with E-state index in [1.165, 1.54) is 44.5 Å². The van der Waals surface area contributed by atoms with Crippen LogP contribution >= 0.6 is 0 Å². The molecule has 0 N–H and O–H groups in total. The number of furan rings is 1. The number of benzene rings is 10. The van der Waals surface area contributed by atoms with Gasteiger partial charge in [-0.1, -0.05) is 152 Å². The second-order valence-corrected chi connectivity index (χ2v) is 17.9.